The molecule has 8 nitrogen and oxygen atoms in total. The van der Waals surface area contributed by atoms with Crippen LogP contribution in [-0.2, 0) is 21.2 Å². The van der Waals surface area contributed by atoms with Crippen LogP contribution in [0.1, 0.15) is 5.56 Å². The average molecular weight is 417 g/mol. The van der Waals surface area contributed by atoms with Gasteiger partial charge in [-0.15, -0.1) is 0 Å². The van der Waals surface area contributed by atoms with Crippen molar-refractivity contribution in [3.63, 3.8) is 0 Å². The van der Waals surface area contributed by atoms with Gasteiger partial charge in [0.1, 0.15) is 6.54 Å². The molecule has 0 heterocycles. The van der Waals surface area contributed by atoms with E-state index in [0.29, 0.717) is 0 Å². The molecule has 2 aromatic rings. The summed E-state index contributed by atoms with van der Waals surface area (Å²) in [5.74, 6) is -0.583. The van der Waals surface area contributed by atoms with Crippen LogP contribution in [0.4, 0.5) is 24.5 Å². The number of nitrogens with one attached hydrogen (secondary N) is 2. The Bertz CT molecular complexity index is 976. The van der Waals surface area contributed by atoms with E-state index in [1.54, 1.807) is 6.07 Å². The first-order chi connectivity index (χ1) is 13.0. The van der Waals surface area contributed by atoms with Gasteiger partial charge in [-0.1, -0.05) is 18.2 Å². The van der Waals surface area contributed by atoms with Gasteiger partial charge in [0.2, 0.25) is 15.9 Å². The lowest BCUT2D eigenvalue weighted by molar-refractivity contribution is -0.385. The molecule has 0 aliphatic carbocycles. The SMILES string of the molecule is O=C(Cc1ccccc1[N+](=O)[O-])Nc1ccc(S(=O)(=O)NCC(F)(F)F)cc1. The number of sulfonamides is 1. The second-order valence-electron chi connectivity index (χ2n) is 5.57. The molecule has 1 amide bonds. The summed E-state index contributed by atoms with van der Waals surface area (Å²) < 4.78 is 61.5. The Balaban J connectivity index is 2.04. The minimum atomic E-state index is -4.69. The highest BCUT2D eigenvalue weighted by Gasteiger charge is 2.30. The fraction of sp³-hybridized carbons (Fsp3) is 0.188. The average Bonchev–Trinajstić information content (AvgIpc) is 2.60. The molecule has 0 saturated carbocycles. The second-order valence-corrected chi connectivity index (χ2v) is 7.34. The van der Waals surface area contributed by atoms with Gasteiger partial charge in [0.15, 0.2) is 0 Å². The molecule has 0 unspecified atom stereocenters. The molecule has 0 aliphatic heterocycles. The van der Waals surface area contributed by atoms with Gasteiger partial charge in [0, 0.05) is 17.3 Å². The Hall–Kier alpha value is -2.99. The van der Waals surface area contributed by atoms with Crippen molar-refractivity contribution < 1.29 is 31.3 Å². The maximum atomic E-state index is 12.1. The summed E-state index contributed by atoms with van der Waals surface area (Å²) in [5, 5.41) is 13.4. The zero-order chi connectivity index (χ0) is 20.9. The van der Waals surface area contributed by atoms with Crippen LogP contribution in [0.3, 0.4) is 0 Å². The molecule has 0 atom stereocenters. The van der Waals surface area contributed by atoms with Crippen LogP contribution in [0.15, 0.2) is 53.4 Å². The highest BCUT2D eigenvalue weighted by Crippen LogP contribution is 2.20. The number of benzene rings is 2. The molecule has 0 spiro atoms. The van der Waals surface area contributed by atoms with Crippen molar-refractivity contribution in [1.82, 2.24) is 4.72 Å². The van der Waals surface area contributed by atoms with E-state index in [4.69, 9.17) is 0 Å². The summed E-state index contributed by atoms with van der Waals surface area (Å²) in [7, 11) is -4.36. The summed E-state index contributed by atoms with van der Waals surface area (Å²) in [6.45, 7) is -1.70. The molecular formula is C16H14F3N3O5S. The standard InChI is InChI=1S/C16H14F3N3O5S/c17-16(18,19)10-20-28(26,27)13-7-5-12(6-8-13)21-15(23)9-11-3-1-2-4-14(11)22(24)25/h1-8,20H,9-10H2,(H,21,23). The van der Waals surface area contributed by atoms with E-state index in [9.17, 15) is 36.5 Å². The summed E-state index contributed by atoms with van der Waals surface area (Å²) >= 11 is 0. The molecule has 2 N–H and O–H groups in total. The quantitative estimate of drug-likeness (QED) is 0.530. The van der Waals surface area contributed by atoms with E-state index < -0.39 is 38.5 Å². The summed E-state index contributed by atoms with van der Waals surface area (Å²) in [6, 6.07) is 10.1. The fourth-order valence-electron chi connectivity index (χ4n) is 2.19. The van der Waals surface area contributed by atoms with Crippen LogP contribution in [0.5, 0.6) is 0 Å². The van der Waals surface area contributed by atoms with Crippen molar-refractivity contribution in [2.45, 2.75) is 17.5 Å². The van der Waals surface area contributed by atoms with Gasteiger partial charge < -0.3 is 5.32 Å². The summed E-state index contributed by atoms with van der Waals surface area (Å²) in [6.07, 6.45) is -4.98. The summed E-state index contributed by atoms with van der Waals surface area (Å²) in [4.78, 5) is 22.0. The lowest BCUT2D eigenvalue weighted by Crippen LogP contribution is -2.33. The predicted octanol–water partition coefficient (Wildman–Crippen LogP) is 2.62. The Labute approximate surface area is 157 Å². The van der Waals surface area contributed by atoms with E-state index in [1.165, 1.54) is 35.1 Å². The lowest BCUT2D eigenvalue weighted by Gasteiger charge is -2.10. The molecule has 2 rings (SSSR count). The first kappa shape index (κ1) is 21.3. The second kappa shape index (κ2) is 8.35. The number of alkyl halides is 3. The number of nitro benzene ring substituents is 1. The predicted molar refractivity (Wildman–Crippen MR) is 93.1 cm³/mol. The first-order valence-corrected chi connectivity index (χ1v) is 9.15. The number of amides is 1. The molecular weight excluding hydrogens is 403 g/mol. The van der Waals surface area contributed by atoms with Gasteiger partial charge in [0.25, 0.3) is 5.69 Å². The number of carbonyl (C=O) groups is 1. The minimum Gasteiger partial charge on any atom is -0.326 e. The van der Waals surface area contributed by atoms with Crippen LogP contribution in [0.25, 0.3) is 0 Å². The van der Waals surface area contributed by atoms with Crippen LogP contribution in [-0.4, -0.2) is 32.0 Å². The van der Waals surface area contributed by atoms with E-state index >= 15 is 0 Å². The zero-order valence-corrected chi connectivity index (χ0v) is 14.9. The van der Waals surface area contributed by atoms with Crippen LogP contribution < -0.4 is 10.0 Å². The number of para-hydroxylation sites is 1. The monoisotopic (exact) mass is 417 g/mol. The van der Waals surface area contributed by atoms with Crippen molar-refractivity contribution >= 4 is 27.3 Å². The third-order valence-electron chi connectivity index (χ3n) is 3.45. The van der Waals surface area contributed by atoms with E-state index in [2.05, 4.69) is 5.32 Å². The van der Waals surface area contributed by atoms with Crippen LogP contribution in [0.2, 0.25) is 0 Å². The molecule has 28 heavy (non-hydrogen) atoms. The Morgan fingerprint density at radius 2 is 1.68 bits per heavy atom. The molecule has 0 aliphatic rings. The van der Waals surface area contributed by atoms with Crippen molar-refractivity contribution in [3.05, 3.63) is 64.2 Å². The molecule has 0 fully saturated rings. The first-order valence-electron chi connectivity index (χ1n) is 7.66. The molecule has 0 radical (unpaired) electrons. The van der Waals surface area contributed by atoms with Crippen molar-refractivity contribution in [3.8, 4) is 0 Å². The number of nitro groups is 1. The molecule has 0 bridgehead atoms. The zero-order valence-electron chi connectivity index (χ0n) is 14.1. The van der Waals surface area contributed by atoms with Gasteiger partial charge >= 0.3 is 6.18 Å². The molecule has 0 aromatic heterocycles. The number of carbonyl (C=O) groups excluding carboxylic acids is 1. The number of anilines is 1. The van der Waals surface area contributed by atoms with Gasteiger partial charge in [0.05, 0.1) is 16.2 Å². The molecule has 2 aromatic carbocycles. The topological polar surface area (TPSA) is 118 Å². The number of rotatable bonds is 7. The van der Waals surface area contributed by atoms with Gasteiger partial charge in [-0.3, -0.25) is 14.9 Å². The third kappa shape index (κ3) is 6.03. The molecule has 12 heteroatoms. The van der Waals surface area contributed by atoms with Crippen LogP contribution in [0, 0.1) is 10.1 Å². The number of hydrogen-bond donors (Lipinski definition) is 2. The van der Waals surface area contributed by atoms with Crippen LogP contribution >= 0.6 is 0 Å². The Morgan fingerprint density at radius 1 is 1.07 bits per heavy atom. The Morgan fingerprint density at radius 3 is 2.25 bits per heavy atom. The van der Waals surface area contributed by atoms with E-state index in [-0.39, 0.29) is 23.4 Å². The number of halogens is 3. The smallest absolute Gasteiger partial charge is 0.326 e. The van der Waals surface area contributed by atoms with Crippen molar-refractivity contribution in [1.29, 1.82) is 0 Å². The number of nitrogens with zero attached hydrogens (tertiary/aromatic N) is 1. The Kier molecular flexibility index (Phi) is 6.36. The summed E-state index contributed by atoms with van der Waals surface area (Å²) in [5.41, 5.74) is 0.161. The van der Waals surface area contributed by atoms with E-state index in [0.717, 1.165) is 12.1 Å². The molecule has 0 saturated heterocycles. The van der Waals surface area contributed by atoms with Crippen molar-refractivity contribution in [2.75, 3.05) is 11.9 Å². The third-order valence-corrected chi connectivity index (χ3v) is 4.87. The highest BCUT2D eigenvalue weighted by atomic mass is 32.2. The fourth-order valence-corrected chi connectivity index (χ4v) is 3.21. The minimum absolute atomic E-state index is 0.179. The maximum absolute atomic E-state index is 12.1. The lowest BCUT2D eigenvalue weighted by atomic mass is 10.1. The van der Waals surface area contributed by atoms with Crippen molar-refractivity contribution in [2.24, 2.45) is 0 Å². The maximum Gasteiger partial charge on any atom is 0.402 e. The molecule has 150 valence electrons. The normalized spacial score (nSPS) is 11.8. The number of hydrogen-bond acceptors (Lipinski definition) is 5. The van der Waals surface area contributed by atoms with Gasteiger partial charge in [-0.05, 0) is 24.3 Å². The van der Waals surface area contributed by atoms with Gasteiger partial charge in [-0.25, -0.2) is 13.1 Å². The van der Waals surface area contributed by atoms with E-state index in [1.807, 2.05) is 0 Å². The van der Waals surface area contributed by atoms with Gasteiger partial charge in [-0.2, -0.15) is 13.2 Å². The largest absolute Gasteiger partial charge is 0.402 e. The highest BCUT2D eigenvalue weighted by molar-refractivity contribution is 7.89.